The molecule has 2 amide bonds. The van der Waals surface area contributed by atoms with Gasteiger partial charge >= 0.3 is 0 Å². The topological polar surface area (TPSA) is 65.6 Å². The Morgan fingerprint density at radius 2 is 1.92 bits per heavy atom. The van der Waals surface area contributed by atoms with Gasteiger partial charge in [0, 0.05) is 32.4 Å². The standard InChI is InChI=1S/C19H22FN3O3/c1-26-17-6-5-14(12-15(17)20)13-18(24)22-8-3-9-23(11-10-22)19(25)16-4-2-7-21-16/h2,4-7,12,21H,3,8-11,13H2,1H3. The molecule has 2 heterocycles. The first-order valence-corrected chi connectivity index (χ1v) is 8.61. The Hall–Kier alpha value is -2.83. The molecule has 1 aromatic heterocycles. The number of amides is 2. The molecule has 0 radical (unpaired) electrons. The molecule has 1 aliphatic rings. The van der Waals surface area contributed by atoms with Gasteiger partial charge in [-0.05, 0) is 36.2 Å². The predicted octanol–water partition coefficient (Wildman–Crippen LogP) is 2.08. The van der Waals surface area contributed by atoms with Gasteiger partial charge in [-0.15, -0.1) is 0 Å². The van der Waals surface area contributed by atoms with Gasteiger partial charge in [-0.1, -0.05) is 6.07 Å². The summed E-state index contributed by atoms with van der Waals surface area (Å²) in [7, 11) is 1.40. The van der Waals surface area contributed by atoms with Crippen LogP contribution in [0.15, 0.2) is 36.5 Å². The van der Waals surface area contributed by atoms with Crippen molar-refractivity contribution in [3.63, 3.8) is 0 Å². The fraction of sp³-hybridized carbons (Fsp3) is 0.368. The normalized spacial score (nSPS) is 14.8. The van der Waals surface area contributed by atoms with Crippen LogP contribution in [0.1, 0.15) is 22.5 Å². The van der Waals surface area contributed by atoms with E-state index in [1.54, 1.807) is 34.2 Å². The Morgan fingerprint density at radius 1 is 1.15 bits per heavy atom. The third kappa shape index (κ3) is 4.04. The molecule has 1 aromatic carbocycles. The summed E-state index contributed by atoms with van der Waals surface area (Å²) in [5.41, 5.74) is 1.16. The highest BCUT2D eigenvalue weighted by Gasteiger charge is 2.23. The molecule has 2 aromatic rings. The fourth-order valence-electron chi connectivity index (χ4n) is 3.11. The van der Waals surface area contributed by atoms with E-state index >= 15 is 0 Å². The van der Waals surface area contributed by atoms with E-state index in [1.807, 2.05) is 0 Å². The van der Waals surface area contributed by atoms with Crippen LogP contribution in [0.2, 0.25) is 0 Å². The lowest BCUT2D eigenvalue weighted by atomic mass is 10.1. The largest absolute Gasteiger partial charge is 0.494 e. The number of carbonyl (C=O) groups excluding carboxylic acids is 2. The molecule has 6 nitrogen and oxygen atoms in total. The lowest BCUT2D eigenvalue weighted by Gasteiger charge is -2.22. The van der Waals surface area contributed by atoms with Crippen molar-refractivity contribution in [2.45, 2.75) is 12.8 Å². The van der Waals surface area contributed by atoms with Gasteiger partial charge in [0.05, 0.1) is 13.5 Å². The van der Waals surface area contributed by atoms with Crippen LogP contribution in [-0.2, 0) is 11.2 Å². The first-order chi connectivity index (χ1) is 12.6. The van der Waals surface area contributed by atoms with Crippen molar-refractivity contribution >= 4 is 11.8 Å². The highest BCUT2D eigenvalue weighted by atomic mass is 19.1. The average Bonchev–Trinajstić information content (AvgIpc) is 3.05. The van der Waals surface area contributed by atoms with Gasteiger partial charge in [0.25, 0.3) is 5.91 Å². The van der Waals surface area contributed by atoms with E-state index in [2.05, 4.69) is 4.98 Å². The molecule has 0 aliphatic carbocycles. The molecule has 26 heavy (non-hydrogen) atoms. The lowest BCUT2D eigenvalue weighted by Crippen LogP contribution is -2.38. The summed E-state index contributed by atoms with van der Waals surface area (Å²) in [5.74, 6) is -0.434. The quantitative estimate of drug-likeness (QED) is 0.909. The van der Waals surface area contributed by atoms with E-state index in [9.17, 15) is 14.0 Å². The van der Waals surface area contributed by atoms with Crippen LogP contribution in [0.5, 0.6) is 5.75 Å². The number of hydrogen-bond acceptors (Lipinski definition) is 3. The molecule has 1 aliphatic heterocycles. The maximum absolute atomic E-state index is 13.8. The second-order valence-electron chi connectivity index (χ2n) is 6.26. The minimum Gasteiger partial charge on any atom is -0.494 e. The third-order valence-electron chi connectivity index (χ3n) is 4.54. The number of methoxy groups -OCH3 is 1. The second-order valence-corrected chi connectivity index (χ2v) is 6.26. The molecule has 138 valence electrons. The van der Waals surface area contributed by atoms with E-state index in [4.69, 9.17) is 4.74 Å². The van der Waals surface area contributed by atoms with E-state index in [0.717, 1.165) is 6.42 Å². The fourth-order valence-corrected chi connectivity index (χ4v) is 3.11. The number of halogens is 1. The van der Waals surface area contributed by atoms with Gasteiger partial charge < -0.3 is 19.5 Å². The number of benzene rings is 1. The van der Waals surface area contributed by atoms with Crippen molar-refractivity contribution in [1.29, 1.82) is 0 Å². The molecule has 3 rings (SSSR count). The summed E-state index contributed by atoms with van der Waals surface area (Å²) >= 11 is 0. The SMILES string of the molecule is COc1ccc(CC(=O)N2CCCN(C(=O)c3ccc[nH]3)CC2)cc1F. The smallest absolute Gasteiger partial charge is 0.270 e. The van der Waals surface area contributed by atoms with Gasteiger partial charge in [0.2, 0.25) is 5.91 Å². The maximum atomic E-state index is 13.8. The number of aromatic nitrogens is 1. The van der Waals surface area contributed by atoms with Crippen LogP contribution in [-0.4, -0.2) is 59.9 Å². The summed E-state index contributed by atoms with van der Waals surface area (Å²) in [6.45, 7) is 2.16. The number of H-pyrrole nitrogens is 1. The highest BCUT2D eigenvalue weighted by molar-refractivity contribution is 5.92. The molecule has 0 atom stereocenters. The van der Waals surface area contributed by atoms with Crippen molar-refractivity contribution in [2.75, 3.05) is 33.3 Å². The first kappa shape index (κ1) is 18.0. The van der Waals surface area contributed by atoms with Crippen LogP contribution >= 0.6 is 0 Å². The average molecular weight is 359 g/mol. The first-order valence-electron chi connectivity index (χ1n) is 8.61. The number of hydrogen-bond donors (Lipinski definition) is 1. The lowest BCUT2D eigenvalue weighted by molar-refractivity contribution is -0.130. The number of nitrogens with one attached hydrogen (secondary N) is 1. The van der Waals surface area contributed by atoms with E-state index < -0.39 is 5.82 Å². The van der Waals surface area contributed by atoms with Gasteiger partial charge in [-0.3, -0.25) is 9.59 Å². The van der Waals surface area contributed by atoms with Crippen LogP contribution in [0.25, 0.3) is 0 Å². The summed E-state index contributed by atoms with van der Waals surface area (Å²) in [6.07, 6.45) is 2.57. The van der Waals surface area contributed by atoms with Crippen LogP contribution < -0.4 is 4.74 Å². The Kier molecular flexibility index (Phi) is 5.55. The zero-order valence-corrected chi connectivity index (χ0v) is 14.7. The molecule has 1 fully saturated rings. The van der Waals surface area contributed by atoms with Crippen LogP contribution in [0.3, 0.4) is 0 Å². The van der Waals surface area contributed by atoms with Crippen molar-refractivity contribution in [2.24, 2.45) is 0 Å². The minimum atomic E-state index is -0.476. The Balaban J connectivity index is 1.59. The van der Waals surface area contributed by atoms with Crippen LogP contribution in [0, 0.1) is 5.82 Å². The van der Waals surface area contributed by atoms with Gasteiger partial charge in [-0.25, -0.2) is 4.39 Å². The second kappa shape index (κ2) is 8.03. The minimum absolute atomic E-state index is 0.0541. The van der Waals surface area contributed by atoms with Crippen molar-refractivity contribution in [3.8, 4) is 5.75 Å². The van der Waals surface area contributed by atoms with Crippen molar-refractivity contribution in [3.05, 3.63) is 53.6 Å². The molecule has 0 spiro atoms. The monoisotopic (exact) mass is 359 g/mol. The summed E-state index contributed by atoms with van der Waals surface area (Å²) in [5, 5.41) is 0. The molecule has 0 bridgehead atoms. The summed E-state index contributed by atoms with van der Waals surface area (Å²) in [6, 6.07) is 8.08. The van der Waals surface area contributed by atoms with E-state index in [1.165, 1.54) is 19.2 Å². The molecular formula is C19H22FN3O3. The molecule has 0 saturated carbocycles. The number of rotatable bonds is 4. The predicted molar refractivity (Wildman–Crippen MR) is 94.5 cm³/mol. The van der Waals surface area contributed by atoms with Crippen molar-refractivity contribution < 1.29 is 18.7 Å². The van der Waals surface area contributed by atoms with Crippen LogP contribution in [0.4, 0.5) is 4.39 Å². The zero-order chi connectivity index (χ0) is 18.5. The van der Waals surface area contributed by atoms with Gasteiger partial charge in [0.1, 0.15) is 5.69 Å². The summed E-state index contributed by atoms with van der Waals surface area (Å²) < 4.78 is 18.7. The van der Waals surface area contributed by atoms with E-state index in [0.29, 0.717) is 37.4 Å². The van der Waals surface area contributed by atoms with E-state index in [-0.39, 0.29) is 24.0 Å². The van der Waals surface area contributed by atoms with Gasteiger partial charge in [0.15, 0.2) is 11.6 Å². The summed E-state index contributed by atoms with van der Waals surface area (Å²) in [4.78, 5) is 31.4. The molecule has 1 saturated heterocycles. The molecule has 7 heteroatoms. The zero-order valence-electron chi connectivity index (χ0n) is 14.7. The maximum Gasteiger partial charge on any atom is 0.270 e. The number of carbonyl (C=O) groups is 2. The molecule has 0 unspecified atom stereocenters. The van der Waals surface area contributed by atoms with Crippen molar-refractivity contribution in [1.82, 2.24) is 14.8 Å². The Labute approximate surface area is 151 Å². The third-order valence-corrected chi connectivity index (χ3v) is 4.54. The molecule has 1 N–H and O–H groups in total. The number of ether oxygens (including phenoxy) is 1. The Bertz CT molecular complexity index is 776. The highest BCUT2D eigenvalue weighted by Crippen LogP contribution is 2.18. The number of nitrogens with zero attached hydrogens (tertiary/aromatic N) is 2. The Morgan fingerprint density at radius 3 is 2.62 bits per heavy atom. The van der Waals surface area contributed by atoms with Gasteiger partial charge in [-0.2, -0.15) is 0 Å². The molecular weight excluding hydrogens is 337 g/mol. The number of aromatic amines is 1.